The number of methoxy groups -OCH3 is 1. The first-order chi connectivity index (χ1) is 17.2. The van der Waals surface area contributed by atoms with Gasteiger partial charge in [0, 0.05) is 17.8 Å². The van der Waals surface area contributed by atoms with Crippen LogP contribution in [-0.4, -0.2) is 35.2 Å². The average molecular weight is 484 g/mol. The summed E-state index contributed by atoms with van der Waals surface area (Å²) in [5, 5.41) is 12.0. The van der Waals surface area contributed by atoms with Crippen molar-refractivity contribution in [2.45, 2.75) is 32.1 Å². The fraction of sp³-hybridized carbons (Fsp3) is 0.259. The number of rotatable bonds is 5. The summed E-state index contributed by atoms with van der Waals surface area (Å²) in [6.07, 6.45) is 8.44. The maximum absolute atomic E-state index is 13.1. The number of hydrogen-bond donors (Lipinski definition) is 0. The fourth-order valence-electron chi connectivity index (χ4n) is 4.71. The van der Waals surface area contributed by atoms with Crippen molar-refractivity contribution in [2.75, 3.05) is 18.7 Å². The highest BCUT2D eigenvalue weighted by Gasteiger charge is 2.20. The molecule has 3 heterocycles. The van der Waals surface area contributed by atoms with E-state index in [1.165, 1.54) is 27.9 Å². The quantitative estimate of drug-likeness (QED) is 0.381. The average Bonchev–Trinajstić information content (AvgIpc) is 3.54. The zero-order valence-corrected chi connectivity index (χ0v) is 20.3. The van der Waals surface area contributed by atoms with Crippen molar-refractivity contribution in [3.05, 3.63) is 86.8 Å². The molecule has 0 unspecified atom stereocenters. The van der Waals surface area contributed by atoms with Crippen LogP contribution in [0.5, 0.6) is 5.75 Å². The lowest BCUT2D eigenvalue weighted by atomic mass is 9.97. The molecule has 0 saturated carbocycles. The zero-order valence-electron chi connectivity index (χ0n) is 19.5. The van der Waals surface area contributed by atoms with Crippen LogP contribution in [0.1, 0.15) is 40.8 Å². The Morgan fingerprint density at radius 1 is 1.03 bits per heavy atom. The normalized spacial score (nSPS) is 15.6. The van der Waals surface area contributed by atoms with Gasteiger partial charge in [-0.05, 0) is 78.8 Å². The van der Waals surface area contributed by atoms with Gasteiger partial charge in [-0.25, -0.2) is 4.98 Å². The lowest BCUT2D eigenvalue weighted by Crippen LogP contribution is -2.18. The smallest absolute Gasteiger partial charge is 0.282 e. The van der Waals surface area contributed by atoms with Crippen LogP contribution in [0, 0.1) is 0 Å². The molecule has 1 aliphatic carbocycles. The molecular weight excluding hydrogens is 458 g/mol. The molecular formula is C27H25N5O2S. The van der Waals surface area contributed by atoms with Gasteiger partial charge in [0.05, 0.1) is 30.1 Å². The zero-order chi connectivity index (χ0) is 23.8. The number of ether oxygens (including phenoxy) is 1. The first kappa shape index (κ1) is 21.7. The van der Waals surface area contributed by atoms with E-state index in [0.29, 0.717) is 0 Å². The van der Waals surface area contributed by atoms with E-state index in [1.807, 2.05) is 53.5 Å². The molecule has 0 bridgehead atoms. The van der Waals surface area contributed by atoms with Crippen LogP contribution in [0.3, 0.4) is 0 Å². The van der Waals surface area contributed by atoms with Crippen molar-refractivity contribution in [1.29, 1.82) is 0 Å². The van der Waals surface area contributed by atoms with E-state index in [9.17, 15) is 4.79 Å². The topological polar surface area (TPSA) is 72.1 Å². The standard InChI is InChI=1S/C27H25N5O2S/c1-34-21-12-8-19(9-13-21)23-14-15-31(30-23)20-10-6-18(7-11-20)16-29-32-17-28-26-25(27(32)33)22-4-2-3-5-24(22)35-26/h6-13,16-17H,2-5,14-15H2,1H3. The number of benzene rings is 2. The van der Waals surface area contributed by atoms with Gasteiger partial charge < -0.3 is 4.74 Å². The molecule has 2 aromatic carbocycles. The van der Waals surface area contributed by atoms with Crippen molar-refractivity contribution in [3.8, 4) is 5.75 Å². The Kier molecular flexibility index (Phi) is 5.66. The summed E-state index contributed by atoms with van der Waals surface area (Å²) in [4.78, 5) is 19.7. The van der Waals surface area contributed by atoms with Crippen LogP contribution in [0.4, 0.5) is 5.69 Å². The second kappa shape index (κ2) is 9.11. The molecule has 1 aliphatic heterocycles. The predicted octanol–water partition coefficient (Wildman–Crippen LogP) is 4.84. The van der Waals surface area contributed by atoms with Crippen LogP contribution in [0.25, 0.3) is 10.2 Å². The van der Waals surface area contributed by atoms with Gasteiger partial charge in [-0.2, -0.15) is 14.9 Å². The number of thiophene rings is 1. The summed E-state index contributed by atoms with van der Waals surface area (Å²) >= 11 is 1.65. The van der Waals surface area contributed by atoms with Crippen molar-refractivity contribution in [3.63, 3.8) is 0 Å². The van der Waals surface area contributed by atoms with Gasteiger partial charge in [-0.1, -0.05) is 12.1 Å². The van der Waals surface area contributed by atoms with Gasteiger partial charge in [-0.3, -0.25) is 9.80 Å². The highest BCUT2D eigenvalue weighted by molar-refractivity contribution is 7.18. The number of hydrazone groups is 1. The van der Waals surface area contributed by atoms with Crippen LogP contribution >= 0.6 is 11.3 Å². The SMILES string of the molecule is COc1ccc(C2=NN(c3ccc(C=Nn4cnc5sc6c(c5c4=O)CCCC6)cc3)CC2)cc1. The van der Waals surface area contributed by atoms with Gasteiger partial charge in [0.1, 0.15) is 16.9 Å². The Bertz CT molecular complexity index is 1500. The molecule has 0 spiro atoms. The highest BCUT2D eigenvalue weighted by atomic mass is 32.1. The van der Waals surface area contributed by atoms with E-state index in [4.69, 9.17) is 9.84 Å². The summed E-state index contributed by atoms with van der Waals surface area (Å²) in [6.45, 7) is 0.834. The maximum Gasteiger partial charge on any atom is 0.282 e. The number of aromatic nitrogens is 2. The molecule has 176 valence electrons. The van der Waals surface area contributed by atoms with Gasteiger partial charge >= 0.3 is 0 Å². The van der Waals surface area contributed by atoms with Gasteiger partial charge in [-0.15, -0.1) is 11.3 Å². The third kappa shape index (κ3) is 4.14. The minimum absolute atomic E-state index is 0.0836. The summed E-state index contributed by atoms with van der Waals surface area (Å²) in [5.41, 5.74) is 5.21. The summed E-state index contributed by atoms with van der Waals surface area (Å²) in [7, 11) is 1.67. The third-order valence-corrected chi connectivity index (χ3v) is 7.81. The van der Waals surface area contributed by atoms with Gasteiger partial charge in [0.25, 0.3) is 5.56 Å². The molecule has 2 aromatic heterocycles. The second-order valence-corrected chi connectivity index (χ2v) is 9.85. The summed E-state index contributed by atoms with van der Waals surface area (Å²) < 4.78 is 6.59. The van der Waals surface area contributed by atoms with Crippen LogP contribution in [0.15, 0.2) is 69.9 Å². The lowest BCUT2D eigenvalue weighted by Gasteiger charge is -2.13. The minimum atomic E-state index is -0.0836. The maximum atomic E-state index is 13.1. The monoisotopic (exact) mass is 483 g/mol. The largest absolute Gasteiger partial charge is 0.497 e. The molecule has 0 radical (unpaired) electrons. The first-order valence-electron chi connectivity index (χ1n) is 11.9. The molecule has 0 N–H and O–H groups in total. The molecule has 7 nitrogen and oxygen atoms in total. The Morgan fingerprint density at radius 3 is 2.63 bits per heavy atom. The van der Waals surface area contributed by atoms with Crippen molar-refractivity contribution in [1.82, 2.24) is 9.66 Å². The van der Waals surface area contributed by atoms with E-state index in [2.05, 4.69) is 10.1 Å². The Balaban J connectivity index is 1.20. The second-order valence-electron chi connectivity index (χ2n) is 8.77. The molecule has 2 aliphatic rings. The Labute approximate surface area is 207 Å². The summed E-state index contributed by atoms with van der Waals surface area (Å²) in [5.74, 6) is 0.842. The van der Waals surface area contributed by atoms with Gasteiger partial charge in [0.2, 0.25) is 0 Å². The van der Waals surface area contributed by atoms with E-state index < -0.39 is 0 Å². The molecule has 0 fully saturated rings. The molecule has 4 aromatic rings. The van der Waals surface area contributed by atoms with Gasteiger partial charge in [0.15, 0.2) is 0 Å². The molecule has 0 saturated heterocycles. The van der Waals surface area contributed by atoms with Crippen LogP contribution < -0.4 is 15.3 Å². The molecule has 35 heavy (non-hydrogen) atoms. The predicted molar refractivity (Wildman–Crippen MR) is 141 cm³/mol. The number of fused-ring (bicyclic) bond motifs is 3. The highest BCUT2D eigenvalue weighted by Crippen LogP contribution is 2.33. The summed E-state index contributed by atoms with van der Waals surface area (Å²) in [6, 6.07) is 16.0. The first-order valence-corrected chi connectivity index (χ1v) is 12.7. The van der Waals surface area contributed by atoms with Crippen molar-refractivity contribution >= 4 is 39.2 Å². The Hall–Kier alpha value is -3.78. The lowest BCUT2D eigenvalue weighted by molar-refractivity contribution is 0.415. The number of aryl methyl sites for hydroxylation is 2. The Morgan fingerprint density at radius 2 is 1.83 bits per heavy atom. The van der Waals surface area contributed by atoms with Crippen molar-refractivity contribution < 1.29 is 4.74 Å². The molecule has 8 heteroatoms. The molecule has 0 amide bonds. The van der Waals surface area contributed by atoms with E-state index in [1.54, 1.807) is 24.7 Å². The van der Waals surface area contributed by atoms with Crippen LogP contribution in [0.2, 0.25) is 0 Å². The molecule has 0 atom stereocenters. The number of anilines is 1. The fourth-order valence-corrected chi connectivity index (χ4v) is 5.93. The molecule has 6 rings (SSSR count). The third-order valence-electron chi connectivity index (χ3n) is 6.61. The van der Waals surface area contributed by atoms with E-state index >= 15 is 0 Å². The number of hydrogen-bond acceptors (Lipinski definition) is 7. The van der Waals surface area contributed by atoms with E-state index in [0.717, 1.165) is 70.7 Å². The van der Waals surface area contributed by atoms with E-state index in [-0.39, 0.29) is 5.56 Å². The number of nitrogens with zero attached hydrogens (tertiary/aromatic N) is 5. The minimum Gasteiger partial charge on any atom is -0.497 e. The van der Waals surface area contributed by atoms with Crippen molar-refractivity contribution in [2.24, 2.45) is 10.2 Å². The van der Waals surface area contributed by atoms with Crippen LogP contribution in [-0.2, 0) is 12.8 Å².